The summed E-state index contributed by atoms with van der Waals surface area (Å²) < 4.78 is 0.472. The Morgan fingerprint density at radius 1 is 1.41 bits per heavy atom. The maximum Gasteiger partial charge on any atom is 0.306 e. The van der Waals surface area contributed by atoms with Crippen LogP contribution in [0.1, 0.15) is 19.3 Å². The summed E-state index contributed by atoms with van der Waals surface area (Å²) in [5.74, 6) is 0.898. The number of halogens is 1. The normalized spacial score (nSPS) is 21.0. The van der Waals surface area contributed by atoms with Gasteiger partial charge >= 0.3 is 5.69 Å². The quantitative estimate of drug-likeness (QED) is 0.640. The molecule has 1 aliphatic heterocycles. The first kappa shape index (κ1) is 15.3. The number of anilines is 1. The first-order valence-corrected chi connectivity index (χ1v) is 8.31. The van der Waals surface area contributed by atoms with E-state index in [0.717, 1.165) is 32.4 Å². The van der Waals surface area contributed by atoms with Crippen LogP contribution in [0.5, 0.6) is 0 Å². The van der Waals surface area contributed by atoms with Crippen LogP contribution in [0.15, 0.2) is 22.7 Å². The summed E-state index contributed by atoms with van der Waals surface area (Å²) in [6.07, 6.45) is 3.01. The lowest BCUT2D eigenvalue weighted by molar-refractivity contribution is -0.384. The Morgan fingerprint density at radius 2 is 2.18 bits per heavy atom. The smallest absolute Gasteiger partial charge is 0.306 e. The predicted octanol–water partition coefficient (Wildman–Crippen LogP) is 3.03. The Hall–Kier alpha value is -1.63. The summed E-state index contributed by atoms with van der Waals surface area (Å²) in [7, 11) is 0. The number of para-hydroxylation sites is 1. The lowest BCUT2D eigenvalue weighted by atomic mass is 10.1. The number of nitro groups is 1. The summed E-state index contributed by atoms with van der Waals surface area (Å²) in [5.41, 5.74) is 0.581. The molecule has 7 heteroatoms. The molecule has 0 spiro atoms. The van der Waals surface area contributed by atoms with Gasteiger partial charge in [0.2, 0.25) is 5.91 Å². The molecule has 1 aliphatic carbocycles. The number of hydrogen-bond donors (Lipinski definition) is 1. The Labute approximate surface area is 137 Å². The molecule has 6 nitrogen and oxygen atoms in total. The molecule has 0 unspecified atom stereocenters. The van der Waals surface area contributed by atoms with Crippen molar-refractivity contribution in [3.8, 4) is 0 Å². The molecule has 1 atom stereocenters. The van der Waals surface area contributed by atoms with Crippen molar-refractivity contribution in [2.45, 2.75) is 19.3 Å². The second kappa shape index (κ2) is 6.24. The minimum Gasteiger partial charge on any atom is -0.379 e. The molecule has 1 heterocycles. The van der Waals surface area contributed by atoms with E-state index in [1.807, 2.05) is 4.90 Å². The van der Waals surface area contributed by atoms with E-state index in [0.29, 0.717) is 22.6 Å². The van der Waals surface area contributed by atoms with Crippen LogP contribution in [0.25, 0.3) is 0 Å². The molecule has 2 aliphatic rings. The highest BCUT2D eigenvalue weighted by atomic mass is 79.9. The van der Waals surface area contributed by atoms with Crippen LogP contribution < -0.4 is 5.32 Å². The van der Waals surface area contributed by atoms with Crippen LogP contribution in [0.2, 0.25) is 0 Å². The molecule has 2 fully saturated rings. The second-order valence-electron chi connectivity index (χ2n) is 5.99. The molecular formula is C15H18BrN3O3. The van der Waals surface area contributed by atoms with Gasteiger partial charge in [0.05, 0.1) is 9.40 Å². The third kappa shape index (κ3) is 3.24. The van der Waals surface area contributed by atoms with Crippen molar-refractivity contribution in [3.05, 3.63) is 32.8 Å². The number of nitrogens with one attached hydrogen (secondary N) is 1. The molecule has 22 heavy (non-hydrogen) atoms. The number of hydrogen-bond acceptors (Lipinski definition) is 4. The monoisotopic (exact) mass is 367 g/mol. The van der Waals surface area contributed by atoms with Gasteiger partial charge in [-0.25, -0.2) is 0 Å². The third-order valence-electron chi connectivity index (χ3n) is 4.27. The standard InChI is InChI=1S/C15H18BrN3O3/c16-12-2-1-3-13(14(12)19(21)22)17-8-10-6-7-18(9-10)15(20)11-4-5-11/h1-3,10-11,17H,4-9H2/t10-/m0/s1. The lowest BCUT2D eigenvalue weighted by Crippen LogP contribution is -2.30. The zero-order valence-electron chi connectivity index (χ0n) is 12.1. The number of benzene rings is 1. The number of likely N-dealkylation sites (tertiary alicyclic amines) is 1. The number of carbonyl (C=O) groups excluding carboxylic acids is 1. The van der Waals surface area contributed by atoms with Crippen molar-refractivity contribution in [2.24, 2.45) is 11.8 Å². The predicted molar refractivity (Wildman–Crippen MR) is 86.7 cm³/mol. The van der Waals surface area contributed by atoms with Crippen molar-refractivity contribution < 1.29 is 9.72 Å². The highest BCUT2D eigenvalue weighted by Gasteiger charge is 2.36. The number of rotatable bonds is 5. The van der Waals surface area contributed by atoms with Crippen LogP contribution in [0, 0.1) is 22.0 Å². The summed E-state index contributed by atoms with van der Waals surface area (Å²) in [5, 5.41) is 14.3. The molecule has 1 N–H and O–H groups in total. The molecular weight excluding hydrogens is 350 g/mol. The molecule has 3 rings (SSSR count). The van der Waals surface area contributed by atoms with E-state index in [4.69, 9.17) is 0 Å². The minimum absolute atomic E-state index is 0.0615. The van der Waals surface area contributed by atoms with Gasteiger partial charge in [0.15, 0.2) is 0 Å². The SMILES string of the molecule is O=C(C1CC1)N1CC[C@@H](CNc2cccc(Br)c2[N+](=O)[O-])C1. The van der Waals surface area contributed by atoms with Gasteiger partial charge in [0, 0.05) is 25.6 Å². The van der Waals surface area contributed by atoms with Crippen LogP contribution in [-0.2, 0) is 4.79 Å². The number of carbonyl (C=O) groups is 1. The van der Waals surface area contributed by atoms with E-state index in [-0.39, 0.29) is 22.4 Å². The van der Waals surface area contributed by atoms with Crippen molar-refractivity contribution in [1.29, 1.82) is 0 Å². The van der Waals surface area contributed by atoms with E-state index in [1.165, 1.54) is 0 Å². The number of amides is 1. The summed E-state index contributed by atoms with van der Waals surface area (Å²) >= 11 is 3.22. The van der Waals surface area contributed by atoms with Crippen LogP contribution in [0.3, 0.4) is 0 Å². The Balaban J connectivity index is 1.58. The number of nitrogens with zero attached hydrogens (tertiary/aromatic N) is 2. The zero-order chi connectivity index (χ0) is 15.7. The molecule has 1 saturated carbocycles. The Morgan fingerprint density at radius 3 is 2.86 bits per heavy atom. The highest BCUT2D eigenvalue weighted by Crippen LogP contribution is 2.34. The summed E-state index contributed by atoms with van der Waals surface area (Å²) in [4.78, 5) is 24.7. The van der Waals surface area contributed by atoms with Crippen molar-refractivity contribution in [2.75, 3.05) is 25.0 Å². The first-order valence-electron chi connectivity index (χ1n) is 7.52. The maximum atomic E-state index is 12.0. The topological polar surface area (TPSA) is 75.5 Å². The Kier molecular flexibility index (Phi) is 4.33. The van der Waals surface area contributed by atoms with Crippen molar-refractivity contribution >= 4 is 33.2 Å². The molecule has 0 bridgehead atoms. The third-order valence-corrected chi connectivity index (χ3v) is 4.91. The summed E-state index contributed by atoms with van der Waals surface area (Å²) in [6.45, 7) is 2.21. The summed E-state index contributed by atoms with van der Waals surface area (Å²) in [6, 6.07) is 5.15. The highest BCUT2D eigenvalue weighted by molar-refractivity contribution is 9.10. The van der Waals surface area contributed by atoms with Crippen LogP contribution in [-0.4, -0.2) is 35.4 Å². The molecule has 1 aromatic rings. The molecule has 118 valence electrons. The lowest BCUT2D eigenvalue weighted by Gasteiger charge is -2.17. The van der Waals surface area contributed by atoms with Crippen LogP contribution >= 0.6 is 15.9 Å². The van der Waals surface area contributed by atoms with Gasteiger partial charge in [0.25, 0.3) is 0 Å². The average Bonchev–Trinajstić information content (AvgIpc) is 3.22. The van der Waals surface area contributed by atoms with Gasteiger partial charge in [-0.2, -0.15) is 0 Å². The molecule has 0 aromatic heterocycles. The van der Waals surface area contributed by atoms with Crippen LogP contribution in [0.4, 0.5) is 11.4 Å². The van der Waals surface area contributed by atoms with E-state index in [2.05, 4.69) is 21.2 Å². The van der Waals surface area contributed by atoms with E-state index in [1.54, 1.807) is 18.2 Å². The molecule has 0 radical (unpaired) electrons. The maximum absolute atomic E-state index is 12.0. The van der Waals surface area contributed by atoms with E-state index < -0.39 is 0 Å². The van der Waals surface area contributed by atoms with Gasteiger partial charge in [-0.3, -0.25) is 14.9 Å². The van der Waals surface area contributed by atoms with Crippen molar-refractivity contribution in [1.82, 2.24) is 4.90 Å². The fourth-order valence-corrected chi connectivity index (χ4v) is 3.40. The second-order valence-corrected chi connectivity index (χ2v) is 6.84. The number of nitro benzene ring substituents is 1. The van der Waals surface area contributed by atoms with Gasteiger partial charge < -0.3 is 10.2 Å². The molecule has 1 aromatic carbocycles. The fourth-order valence-electron chi connectivity index (χ4n) is 2.89. The average molecular weight is 368 g/mol. The Bertz CT molecular complexity index is 604. The largest absolute Gasteiger partial charge is 0.379 e. The van der Waals surface area contributed by atoms with Gasteiger partial charge in [-0.15, -0.1) is 0 Å². The van der Waals surface area contributed by atoms with Gasteiger partial charge in [-0.1, -0.05) is 6.07 Å². The molecule has 1 saturated heterocycles. The minimum atomic E-state index is -0.385. The molecule has 1 amide bonds. The zero-order valence-corrected chi connectivity index (χ0v) is 13.7. The van der Waals surface area contributed by atoms with Crippen molar-refractivity contribution in [3.63, 3.8) is 0 Å². The van der Waals surface area contributed by atoms with E-state index >= 15 is 0 Å². The van der Waals surface area contributed by atoms with E-state index in [9.17, 15) is 14.9 Å². The fraction of sp³-hybridized carbons (Fsp3) is 0.533. The van der Waals surface area contributed by atoms with Gasteiger partial charge in [-0.05, 0) is 53.2 Å². The first-order chi connectivity index (χ1) is 10.6. The van der Waals surface area contributed by atoms with Gasteiger partial charge in [0.1, 0.15) is 5.69 Å².